The van der Waals surface area contributed by atoms with Crippen LogP contribution in [-0.2, 0) is 10.2 Å². The number of carbonyl (C=O) groups is 1. The molecule has 4 heteroatoms. The van der Waals surface area contributed by atoms with Gasteiger partial charge in [0.25, 0.3) is 0 Å². The fourth-order valence-corrected chi connectivity index (χ4v) is 8.59. The first-order chi connectivity index (χ1) is 16.9. The number of rotatable bonds is 7. The van der Waals surface area contributed by atoms with E-state index in [1.165, 1.54) is 44.9 Å². The second kappa shape index (κ2) is 8.96. The first kappa shape index (κ1) is 24.4. The fraction of sp³-hybridized carbons (Fsp3) is 0.710. The Bertz CT molecular complexity index is 1040. The SMILES string of the molecule is CCCC12CCC(C(=O)Oc3ccc(C45CCC(CCC)(CC4)CC5)c(C#N)c3C#N)(CC1)CC2. The Kier molecular flexibility index (Phi) is 6.24. The van der Waals surface area contributed by atoms with Gasteiger partial charge in [0.2, 0.25) is 0 Å². The summed E-state index contributed by atoms with van der Waals surface area (Å²) in [5.74, 6) is 0.0970. The molecule has 6 aliphatic rings. The zero-order chi connectivity index (χ0) is 24.7. The Morgan fingerprint density at radius 1 is 0.771 bits per heavy atom. The van der Waals surface area contributed by atoms with Crippen molar-refractivity contribution in [2.45, 2.75) is 122 Å². The molecule has 0 saturated heterocycles. The van der Waals surface area contributed by atoms with Crippen LogP contribution in [0.4, 0.5) is 0 Å². The van der Waals surface area contributed by atoms with Crippen molar-refractivity contribution in [1.29, 1.82) is 10.5 Å². The molecule has 0 unspecified atom stereocenters. The van der Waals surface area contributed by atoms with Crippen molar-refractivity contribution in [3.8, 4) is 17.9 Å². The van der Waals surface area contributed by atoms with E-state index in [2.05, 4.69) is 26.0 Å². The third-order valence-electron chi connectivity index (χ3n) is 11.0. The minimum absolute atomic E-state index is 0.0112. The number of hydrogen-bond acceptors (Lipinski definition) is 4. The summed E-state index contributed by atoms with van der Waals surface area (Å²) in [5.41, 5.74) is 2.20. The molecule has 0 spiro atoms. The number of carbonyl (C=O) groups excluding carboxylic acids is 1. The monoisotopic (exact) mass is 472 g/mol. The number of benzene rings is 1. The smallest absolute Gasteiger partial charge is 0.317 e. The Morgan fingerprint density at radius 3 is 1.71 bits per heavy atom. The molecule has 6 saturated carbocycles. The van der Waals surface area contributed by atoms with Crippen LogP contribution in [0.15, 0.2) is 12.1 Å². The van der Waals surface area contributed by atoms with Gasteiger partial charge in [-0.2, -0.15) is 10.5 Å². The molecule has 1 aromatic carbocycles. The van der Waals surface area contributed by atoms with Crippen LogP contribution in [0.2, 0.25) is 0 Å². The Hall–Kier alpha value is -2.33. The largest absolute Gasteiger partial charge is 0.425 e. The van der Waals surface area contributed by atoms with Crippen LogP contribution in [0.1, 0.15) is 133 Å². The molecule has 0 N–H and O–H groups in total. The van der Waals surface area contributed by atoms with Gasteiger partial charge in [-0.25, -0.2) is 0 Å². The molecular weight excluding hydrogens is 432 g/mol. The molecule has 0 aromatic heterocycles. The zero-order valence-electron chi connectivity index (χ0n) is 21.7. The van der Waals surface area contributed by atoms with Gasteiger partial charge in [0, 0.05) is 0 Å². The van der Waals surface area contributed by atoms with E-state index in [0.29, 0.717) is 16.4 Å². The molecule has 4 nitrogen and oxygen atoms in total. The molecule has 7 rings (SSSR count). The van der Waals surface area contributed by atoms with Crippen LogP contribution in [0, 0.1) is 38.9 Å². The molecule has 35 heavy (non-hydrogen) atoms. The lowest BCUT2D eigenvalue weighted by atomic mass is 9.50. The molecule has 1 aromatic rings. The van der Waals surface area contributed by atoms with Crippen LogP contribution >= 0.6 is 0 Å². The lowest BCUT2D eigenvalue weighted by Gasteiger charge is -2.54. The molecule has 0 atom stereocenters. The van der Waals surface area contributed by atoms with Crippen LogP contribution in [0.3, 0.4) is 0 Å². The Labute approximate surface area is 211 Å². The fourth-order valence-electron chi connectivity index (χ4n) is 8.59. The van der Waals surface area contributed by atoms with Crippen LogP contribution < -0.4 is 4.74 Å². The maximum absolute atomic E-state index is 13.5. The highest BCUT2D eigenvalue weighted by Crippen LogP contribution is 2.61. The average molecular weight is 473 g/mol. The maximum atomic E-state index is 13.5. The molecule has 0 heterocycles. The van der Waals surface area contributed by atoms with Gasteiger partial charge >= 0.3 is 5.97 Å². The van der Waals surface area contributed by atoms with E-state index < -0.39 is 5.41 Å². The molecule has 0 aliphatic heterocycles. The molecule has 186 valence electrons. The van der Waals surface area contributed by atoms with Crippen molar-refractivity contribution in [1.82, 2.24) is 0 Å². The van der Waals surface area contributed by atoms with Crippen molar-refractivity contribution >= 4 is 5.97 Å². The van der Waals surface area contributed by atoms with Gasteiger partial charge in [0.1, 0.15) is 23.5 Å². The highest BCUT2D eigenvalue weighted by atomic mass is 16.5. The number of nitrogens with zero attached hydrogens (tertiary/aromatic N) is 2. The van der Waals surface area contributed by atoms with E-state index in [1.54, 1.807) is 0 Å². The summed E-state index contributed by atoms with van der Waals surface area (Å²) in [5, 5.41) is 20.3. The van der Waals surface area contributed by atoms with E-state index in [9.17, 15) is 15.3 Å². The van der Waals surface area contributed by atoms with Gasteiger partial charge in [-0.1, -0.05) is 32.8 Å². The zero-order valence-corrected chi connectivity index (χ0v) is 21.7. The molecular formula is C31H40N2O2. The van der Waals surface area contributed by atoms with Gasteiger partial charge in [0.15, 0.2) is 0 Å². The van der Waals surface area contributed by atoms with Crippen molar-refractivity contribution in [2.75, 3.05) is 0 Å². The van der Waals surface area contributed by atoms with Crippen LogP contribution in [0.25, 0.3) is 0 Å². The highest BCUT2D eigenvalue weighted by molar-refractivity contribution is 5.80. The number of esters is 1. The van der Waals surface area contributed by atoms with Gasteiger partial charge < -0.3 is 4.74 Å². The minimum Gasteiger partial charge on any atom is -0.425 e. The summed E-state index contributed by atoms with van der Waals surface area (Å²) in [6.45, 7) is 4.53. The molecule has 0 radical (unpaired) electrons. The average Bonchev–Trinajstić information content (AvgIpc) is 2.90. The first-order valence-corrected chi connectivity index (χ1v) is 14.1. The highest BCUT2D eigenvalue weighted by Gasteiger charge is 2.53. The maximum Gasteiger partial charge on any atom is 0.317 e. The number of ether oxygens (including phenoxy) is 1. The summed E-state index contributed by atoms with van der Waals surface area (Å²) < 4.78 is 5.98. The quantitative estimate of drug-likeness (QED) is 0.299. The molecule has 6 aliphatic carbocycles. The summed E-state index contributed by atoms with van der Waals surface area (Å²) in [7, 11) is 0. The number of nitriles is 2. The minimum atomic E-state index is -0.415. The number of hydrogen-bond donors (Lipinski definition) is 0. The van der Waals surface area contributed by atoms with Crippen molar-refractivity contribution in [2.24, 2.45) is 16.2 Å². The predicted octanol–water partition coefficient (Wildman–Crippen LogP) is 7.87. The van der Waals surface area contributed by atoms with Crippen molar-refractivity contribution < 1.29 is 9.53 Å². The van der Waals surface area contributed by atoms with Gasteiger partial charge in [-0.3, -0.25) is 4.79 Å². The summed E-state index contributed by atoms with van der Waals surface area (Å²) >= 11 is 0. The van der Waals surface area contributed by atoms with E-state index in [-0.39, 0.29) is 22.7 Å². The summed E-state index contributed by atoms with van der Waals surface area (Å²) in [6.07, 6.45) is 17.9. The van der Waals surface area contributed by atoms with Gasteiger partial charge in [-0.05, 0) is 118 Å². The number of fused-ring (bicyclic) bond motifs is 6. The van der Waals surface area contributed by atoms with Gasteiger partial charge in [-0.15, -0.1) is 0 Å². The molecule has 6 fully saturated rings. The van der Waals surface area contributed by atoms with Crippen LogP contribution in [0.5, 0.6) is 5.75 Å². The van der Waals surface area contributed by atoms with E-state index in [0.717, 1.165) is 63.4 Å². The summed E-state index contributed by atoms with van der Waals surface area (Å²) in [6, 6.07) is 8.42. The Balaban J connectivity index is 1.38. The van der Waals surface area contributed by atoms with Crippen molar-refractivity contribution in [3.63, 3.8) is 0 Å². The van der Waals surface area contributed by atoms with E-state index in [4.69, 9.17) is 4.74 Å². The summed E-state index contributed by atoms with van der Waals surface area (Å²) in [4.78, 5) is 13.5. The first-order valence-electron chi connectivity index (χ1n) is 14.1. The topological polar surface area (TPSA) is 73.9 Å². The van der Waals surface area contributed by atoms with Gasteiger partial charge in [0.05, 0.1) is 11.0 Å². The Morgan fingerprint density at radius 2 is 1.26 bits per heavy atom. The molecule has 4 bridgehead atoms. The third-order valence-corrected chi connectivity index (χ3v) is 11.0. The van der Waals surface area contributed by atoms with E-state index in [1.807, 2.05) is 12.1 Å². The predicted molar refractivity (Wildman–Crippen MR) is 136 cm³/mol. The standard InChI is InChI=1S/C31H40N2O2/c1-3-7-28-9-15-30(16-10-28,17-11-28)25-5-6-26(24(22-33)23(25)21-32)35-27(34)31-18-12-29(8-4-2,13-19-31)14-20-31/h5-6H,3-4,7-20H2,1-2H3. The van der Waals surface area contributed by atoms with Crippen molar-refractivity contribution in [3.05, 3.63) is 28.8 Å². The second-order valence-electron chi connectivity index (χ2n) is 12.5. The normalized spacial score (nSPS) is 35.3. The molecule has 0 amide bonds. The second-order valence-corrected chi connectivity index (χ2v) is 12.5. The lowest BCUT2D eigenvalue weighted by Crippen LogP contribution is -2.47. The third kappa shape index (κ3) is 3.89. The lowest BCUT2D eigenvalue weighted by molar-refractivity contribution is -0.156. The van der Waals surface area contributed by atoms with E-state index >= 15 is 0 Å². The van der Waals surface area contributed by atoms with Crippen LogP contribution in [-0.4, -0.2) is 5.97 Å².